The van der Waals surface area contributed by atoms with Crippen molar-refractivity contribution in [3.8, 4) is 0 Å². The Morgan fingerprint density at radius 2 is 2.27 bits per heavy atom. The summed E-state index contributed by atoms with van der Waals surface area (Å²) in [4.78, 5) is 21.4. The van der Waals surface area contributed by atoms with Gasteiger partial charge in [0.15, 0.2) is 0 Å². The summed E-state index contributed by atoms with van der Waals surface area (Å²) in [7, 11) is 1.97. The maximum atomic E-state index is 11.9. The Kier molecular flexibility index (Phi) is 5.98. The SMILES string of the molecule is Cc1cnc(CN(C)CCC(=O)NCc2cccc(Cl)c2)[nH]1. The monoisotopic (exact) mass is 320 g/mol. The van der Waals surface area contributed by atoms with E-state index < -0.39 is 0 Å². The number of nitrogens with one attached hydrogen (secondary N) is 2. The lowest BCUT2D eigenvalue weighted by atomic mass is 10.2. The van der Waals surface area contributed by atoms with Crippen molar-refractivity contribution in [1.29, 1.82) is 0 Å². The Bertz CT molecular complexity index is 626. The van der Waals surface area contributed by atoms with Crippen LogP contribution in [-0.2, 0) is 17.9 Å². The van der Waals surface area contributed by atoms with E-state index in [1.54, 1.807) is 6.20 Å². The van der Waals surface area contributed by atoms with Gasteiger partial charge in [-0.05, 0) is 31.7 Å². The molecule has 0 radical (unpaired) electrons. The van der Waals surface area contributed by atoms with Crippen molar-refractivity contribution in [3.05, 3.63) is 52.6 Å². The second-order valence-electron chi connectivity index (χ2n) is 5.41. The van der Waals surface area contributed by atoms with Gasteiger partial charge in [0.25, 0.3) is 0 Å². The zero-order valence-electron chi connectivity index (χ0n) is 12.9. The Hall–Kier alpha value is -1.85. The highest BCUT2D eigenvalue weighted by atomic mass is 35.5. The normalized spacial score (nSPS) is 10.9. The molecule has 0 atom stereocenters. The van der Waals surface area contributed by atoms with E-state index in [1.807, 2.05) is 38.2 Å². The van der Waals surface area contributed by atoms with Crippen LogP contribution in [0.5, 0.6) is 0 Å². The van der Waals surface area contributed by atoms with Gasteiger partial charge in [0, 0.05) is 36.4 Å². The minimum Gasteiger partial charge on any atom is -0.352 e. The minimum atomic E-state index is 0.0300. The van der Waals surface area contributed by atoms with Crippen molar-refractivity contribution in [3.63, 3.8) is 0 Å². The number of nitrogens with zero attached hydrogens (tertiary/aromatic N) is 2. The molecular weight excluding hydrogens is 300 g/mol. The van der Waals surface area contributed by atoms with E-state index in [2.05, 4.69) is 20.2 Å². The largest absolute Gasteiger partial charge is 0.352 e. The molecule has 1 heterocycles. The van der Waals surface area contributed by atoms with E-state index in [-0.39, 0.29) is 5.91 Å². The second kappa shape index (κ2) is 7.96. The number of aromatic amines is 1. The molecule has 22 heavy (non-hydrogen) atoms. The first-order chi connectivity index (χ1) is 10.5. The van der Waals surface area contributed by atoms with Crippen LogP contribution >= 0.6 is 11.6 Å². The molecule has 0 fully saturated rings. The number of halogens is 1. The predicted octanol–water partition coefficient (Wildman–Crippen LogP) is 2.51. The number of amides is 1. The molecule has 2 aromatic rings. The van der Waals surface area contributed by atoms with Crippen LogP contribution in [0.2, 0.25) is 5.02 Å². The standard InChI is InChI=1S/C16H21ClN4O/c1-12-9-18-15(20-12)11-21(2)7-6-16(22)19-10-13-4-3-5-14(17)8-13/h3-5,8-9H,6-7,10-11H2,1-2H3,(H,18,20)(H,19,22). The molecule has 1 amide bonds. The zero-order chi connectivity index (χ0) is 15.9. The summed E-state index contributed by atoms with van der Waals surface area (Å²) in [6.07, 6.45) is 2.26. The maximum absolute atomic E-state index is 11.9. The van der Waals surface area contributed by atoms with Gasteiger partial charge in [-0.3, -0.25) is 9.69 Å². The topological polar surface area (TPSA) is 61.0 Å². The maximum Gasteiger partial charge on any atom is 0.221 e. The van der Waals surface area contributed by atoms with Crippen LogP contribution in [-0.4, -0.2) is 34.4 Å². The summed E-state index contributed by atoms with van der Waals surface area (Å²) in [5, 5.41) is 3.58. The van der Waals surface area contributed by atoms with Crippen LogP contribution in [0.15, 0.2) is 30.5 Å². The van der Waals surface area contributed by atoms with Gasteiger partial charge >= 0.3 is 0 Å². The molecule has 6 heteroatoms. The fraction of sp³-hybridized carbons (Fsp3) is 0.375. The average Bonchev–Trinajstić information content (AvgIpc) is 2.88. The molecule has 2 rings (SSSR count). The van der Waals surface area contributed by atoms with Crippen LogP contribution < -0.4 is 5.32 Å². The molecule has 5 nitrogen and oxygen atoms in total. The van der Waals surface area contributed by atoms with Gasteiger partial charge in [0.2, 0.25) is 5.91 Å². The second-order valence-corrected chi connectivity index (χ2v) is 5.84. The fourth-order valence-electron chi connectivity index (χ4n) is 2.11. The molecule has 1 aromatic carbocycles. The van der Waals surface area contributed by atoms with Crippen molar-refractivity contribution >= 4 is 17.5 Å². The summed E-state index contributed by atoms with van der Waals surface area (Å²) in [6, 6.07) is 7.49. The highest BCUT2D eigenvalue weighted by Gasteiger charge is 2.07. The molecule has 0 aliphatic carbocycles. The van der Waals surface area contributed by atoms with E-state index in [0.717, 1.165) is 17.1 Å². The summed E-state index contributed by atoms with van der Waals surface area (Å²) in [6.45, 7) is 3.86. The van der Waals surface area contributed by atoms with E-state index in [1.165, 1.54) is 0 Å². The zero-order valence-corrected chi connectivity index (χ0v) is 13.7. The quantitative estimate of drug-likeness (QED) is 0.824. The summed E-state index contributed by atoms with van der Waals surface area (Å²) < 4.78 is 0. The van der Waals surface area contributed by atoms with Gasteiger partial charge in [-0.15, -0.1) is 0 Å². The Labute approximate surface area is 135 Å². The lowest BCUT2D eigenvalue weighted by molar-refractivity contribution is -0.121. The lowest BCUT2D eigenvalue weighted by Gasteiger charge is -2.14. The van der Waals surface area contributed by atoms with E-state index in [9.17, 15) is 4.79 Å². The van der Waals surface area contributed by atoms with Gasteiger partial charge in [0.05, 0.1) is 6.54 Å². The van der Waals surface area contributed by atoms with Crippen LogP contribution in [0.1, 0.15) is 23.5 Å². The van der Waals surface area contributed by atoms with Gasteiger partial charge in [0.1, 0.15) is 5.82 Å². The van der Waals surface area contributed by atoms with Crippen molar-refractivity contribution < 1.29 is 4.79 Å². The van der Waals surface area contributed by atoms with Crippen LogP contribution in [0.25, 0.3) is 0 Å². The Morgan fingerprint density at radius 1 is 1.45 bits per heavy atom. The van der Waals surface area contributed by atoms with Crippen LogP contribution in [0.3, 0.4) is 0 Å². The molecular formula is C16H21ClN4O. The van der Waals surface area contributed by atoms with E-state index in [4.69, 9.17) is 11.6 Å². The predicted molar refractivity (Wildman–Crippen MR) is 87.6 cm³/mol. The molecule has 0 aliphatic rings. The molecule has 0 aliphatic heterocycles. The van der Waals surface area contributed by atoms with Gasteiger partial charge in [-0.1, -0.05) is 23.7 Å². The van der Waals surface area contributed by atoms with Crippen molar-refractivity contribution in [2.24, 2.45) is 0 Å². The number of imidazole rings is 1. The molecule has 2 N–H and O–H groups in total. The first-order valence-electron chi connectivity index (χ1n) is 7.23. The third-order valence-electron chi connectivity index (χ3n) is 3.27. The third kappa shape index (κ3) is 5.50. The Balaban J connectivity index is 1.68. The Morgan fingerprint density at radius 3 is 2.95 bits per heavy atom. The molecule has 0 saturated heterocycles. The van der Waals surface area contributed by atoms with Crippen LogP contribution in [0.4, 0.5) is 0 Å². The molecule has 0 unspecified atom stereocenters. The first kappa shape index (κ1) is 16.5. The average molecular weight is 321 g/mol. The lowest BCUT2D eigenvalue weighted by Crippen LogP contribution is -2.28. The van der Waals surface area contributed by atoms with E-state index >= 15 is 0 Å². The molecule has 0 spiro atoms. The number of H-pyrrole nitrogens is 1. The molecule has 0 bridgehead atoms. The summed E-state index contributed by atoms with van der Waals surface area (Å²) in [5.74, 6) is 0.946. The molecule has 1 aromatic heterocycles. The van der Waals surface area contributed by atoms with Crippen molar-refractivity contribution in [2.75, 3.05) is 13.6 Å². The van der Waals surface area contributed by atoms with Gasteiger partial charge in [-0.2, -0.15) is 0 Å². The van der Waals surface area contributed by atoms with E-state index in [0.29, 0.717) is 31.1 Å². The van der Waals surface area contributed by atoms with Crippen LogP contribution in [0, 0.1) is 6.92 Å². The number of hydrogen-bond acceptors (Lipinski definition) is 3. The van der Waals surface area contributed by atoms with Gasteiger partial charge in [-0.25, -0.2) is 4.98 Å². The summed E-state index contributed by atoms with van der Waals surface area (Å²) in [5.41, 5.74) is 2.04. The molecule has 0 saturated carbocycles. The summed E-state index contributed by atoms with van der Waals surface area (Å²) >= 11 is 5.91. The number of aryl methyl sites for hydroxylation is 1. The van der Waals surface area contributed by atoms with Crippen molar-refractivity contribution in [2.45, 2.75) is 26.4 Å². The number of carbonyl (C=O) groups is 1. The fourth-order valence-corrected chi connectivity index (χ4v) is 2.32. The number of aromatic nitrogens is 2. The van der Waals surface area contributed by atoms with Crippen molar-refractivity contribution in [1.82, 2.24) is 20.2 Å². The highest BCUT2D eigenvalue weighted by molar-refractivity contribution is 6.30. The number of carbonyl (C=O) groups excluding carboxylic acids is 1. The smallest absolute Gasteiger partial charge is 0.221 e. The number of rotatable bonds is 7. The van der Waals surface area contributed by atoms with Gasteiger partial charge < -0.3 is 10.3 Å². The molecule has 118 valence electrons. The number of benzene rings is 1. The highest BCUT2D eigenvalue weighted by Crippen LogP contribution is 2.10. The minimum absolute atomic E-state index is 0.0300. The number of hydrogen-bond donors (Lipinski definition) is 2. The third-order valence-corrected chi connectivity index (χ3v) is 3.51. The first-order valence-corrected chi connectivity index (χ1v) is 7.61.